The minimum atomic E-state index is -4.40. The number of phosphoric acid groups is 1. The zero-order chi connectivity index (χ0) is 45.3. The van der Waals surface area contributed by atoms with E-state index in [4.69, 9.17) is 24.3 Å². The minimum absolute atomic E-state index is 0.0411. The summed E-state index contributed by atoms with van der Waals surface area (Å²) in [6.45, 7) is 3.65. The zero-order valence-electron chi connectivity index (χ0n) is 39.8. The molecular formula is C52H94NO8P. The van der Waals surface area contributed by atoms with Gasteiger partial charge in [-0.1, -0.05) is 222 Å². The summed E-state index contributed by atoms with van der Waals surface area (Å²) in [7, 11) is -4.40. The lowest BCUT2D eigenvalue weighted by atomic mass is 10.0. The third kappa shape index (κ3) is 47.2. The summed E-state index contributed by atoms with van der Waals surface area (Å²) in [6.07, 6.45) is 58.5. The fourth-order valence-corrected chi connectivity index (χ4v) is 7.68. The molecule has 0 aromatic carbocycles. The van der Waals surface area contributed by atoms with E-state index in [2.05, 4.69) is 62.5 Å². The predicted molar refractivity (Wildman–Crippen MR) is 261 cm³/mol. The number of hydrogen-bond donors (Lipinski definition) is 2. The quantitative estimate of drug-likeness (QED) is 0.0265. The first-order chi connectivity index (χ1) is 30.3. The lowest BCUT2D eigenvalue weighted by Gasteiger charge is -2.19. The number of rotatable bonds is 47. The van der Waals surface area contributed by atoms with Crippen LogP contribution in [-0.2, 0) is 32.7 Å². The van der Waals surface area contributed by atoms with Crippen LogP contribution in [0.1, 0.15) is 226 Å². The van der Waals surface area contributed by atoms with E-state index in [9.17, 15) is 19.0 Å². The number of carbonyl (C=O) groups is 2. The highest BCUT2D eigenvalue weighted by molar-refractivity contribution is 7.47. The smallest absolute Gasteiger partial charge is 0.462 e. The van der Waals surface area contributed by atoms with Gasteiger partial charge in [0.25, 0.3) is 0 Å². The Bertz CT molecular complexity index is 1200. The van der Waals surface area contributed by atoms with Crippen molar-refractivity contribution in [2.24, 2.45) is 5.73 Å². The van der Waals surface area contributed by atoms with E-state index in [0.717, 1.165) is 44.9 Å². The minimum Gasteiger partial charge on any atom is -0.462 e. The second-order valence-corrected chi connectivity index (χ2v) is 18.1. The topological polar surface area (TPSA) is 134 Å². The second-order valence-electron chi connectivity index (χ2n) is 16.7. The molecule has 10 heteroatoms. The van der Waals surface area contributed by atoms with Crippen LogP contribution >= 0.6 is 7.82 Å². The third-order valence-electron chi connectivity index (χ3n) is 10.7. The standard InChI is InChI=1S/C52H94NO8P/c1-3-5-7-9-11-13-15-17-19-21-23-24-25-27-28-30-32-34-36-38-40-42-44-51(54)58-48-50(49-60-62(56,57)59-47-46-53)61-52(55)45-43-41-39-37-35-33-31-29-26-22-20-18-16-14-12-10-8-6-4-2/h12,14,18,20,26,29,33,35,39,41,50H,3-11,13,15-17,19,21-25,27-28,30-32,34,36-38,40,42-49,53H2,1-2H3,(H,56,57)/b14-12+,20-18+,29-26+,35-33+,41-39+/t50-/m1/s1. The molecular weight excluding hydrogens is 798 g/mol. The summed E-state index contributed by atoms with van der Waals surface area (Å²) in [5.74, 6) is -0.919. The van der Waals surface area contributed by atoms with Gasteiger partial charge in [-0.3, -0.25) is 18.6 Å². The summed E-state index contributed by atoms with van der Waals surface area (Å²) >= 11 is 0. The average molecular weight is 892 g/mol. The van der Waals surface area contributed by atoms with Crippen LogP contribution in [-0.4, -0.2) is 49.3 Å². The number of unbranched alkanes of at least 4 members (excludes halogenated alkanes) is 24. The number of ether oxygens (including phenoxy) is 2. The number of nitrogens with two attached hydrogens (primary N) is 1. The molecule has 0 aromatic heterocycles. The highest BCUT2D eigenvalue weighted by Gasteiger charge is 2.25. The maximum Gasteiger partial charge on any atom is 0.472 e. The lowest BCUT2D eigenvalue weighted by molar-refractivity contribution is -0.161. The SMILES string of the molecule is CCCCC/C=C/C/C=C/C/C=C/C/C=C/C/C=C/CCC(=O)O[C@H](COC(=O)CCCCCCCCCCCCCCCCCCCCCCCC)COP(=O)(O)OCCN. The molecule has 0 saturated carbocycles. The van der Waals surface area contributed by atoms with Gasteiger partial charge in [0.1, 0.15) is 6.61 Å². The normalized spacial score (nSPS) is 13.7. The summed E-state index contributed by atoms with van der Waals surface area (Å²) in [6, 6.07) is 0. The largest absolute Gasteiger partial charge is 0.472 e. The van der Waals surface area contributed by atoms with Gasteiger partial charge in [-0.15, -0.1) is 0 Å². The fourth-order valence-electron chi connectivity index (χ4n) is 6.91. The first kappa shape index (κ1) is 59.7. The number of hydrogen-bond acceptors (Lipinski definition) is 8. The fraction of sp³-hybridized carbons (Fsp3) is 0.769. The summed E-state index contributed by atoms with van der Waals surface area (Å²) in [5.41, 5.74) is 5.36. The molecule has 0 aromatic rings. The molecule has 0 spiro atoms. The van der Waals surface area contributed by atoms with Crippen LogP contribution in [0.15, 0.2) is 60.8 Å². The molecule has 0 radical (unpaired) electrons. The van der Waals surface area contributed by atoms with Crippen LogP contribution in [0.2, 0.25) is 0 Å². The van der Waals surface area contributed by atoms with Gasteiger partial charge in [-0.25, -0.2) is 4.57 Å². The van der Waals surface area contributed by atoms with Crippen molar-refractivity contribution < 1.29 is 37.6 Å². The van der Waals surface area contributed by atoms with E-state index in [1.807, 2.05) is 12.2 Å². The molecule has 2 atom stereocenters. The maximum atomic E-state index is 12.6. The molecule has 0 saturated heterocycles. The van der Waals surface area contributed by atoms with Crippen molar-refractivity contribution in [2.75, 3.05) is 26.4 Å². The van der Waals surface area contributed by atoms with Crippen molar-refractivity contribution in [2.45, 2.75) is 232 Å². The summed E-state index contributed by atoms with van der Waals surface area (Å²) < 4.78 is 32.8. The highest BCUT2D eigenvalue weighted by Crippen LogP contribution is 2.43. The Balaban J connectivity index is 4.13. The monoisotopic (exact) mass is 892 g/mol. The van der Waals surface area contributed by atoms with Gasteiger partial charge in [0.2, 0.25) is 0 Å². The van der Waals surface area contributed by atoms with Crippen LogP contribution < -0.4 is 5.73 Å². The Labute approximate surface area is 380 Å². The molecule has 1 unspecified atom stereocenters. The molecule has 0 aliphatic rings. The Morgan fingerprint density at radius 3 is 1.31 bits per heavy atom. The Morgan fingerprint density at radius 2 is 0.871 bits per heavy atom. The van der Waals surface area contributed by atoms with Gasteiger partial charge in [-0.05, 0) is 51.4 Å². The third-order valence-corrected chi connectivity index (χ3v) is 11.7. The zero-order valence-corrected chi connectivity index (χ0v) is 40.7. The molecule has 62 heavy (non-hydrogen) atoms. The summed E-state index contributed by atoms with van der Waals surface area (Å²) in [5, 5.41) is 0. The van der Waals surface area contributed by atoms with Crippen molar-refractivity contribution in [1.29, 1.82) is 0 Å². The molecule has 360 valence electrons. The number of allylic oxidation sites excluding steroid dienone is 10. The average Bonchev–Trinajstić information content (AvgIpc) is 3.26. The van der Waals surface area contributed by atoms with Gasteiger partial charge < -0.3 is 20.1 Å². The van der Waals surface area contributed by atoms with Crippen molar-refractivity contribution in [1.82, 2.24) is 0 Å². The molecule has 0 rings (SSSR count). The van der Waals surface area contributed by atoms with Crippen LogP contribution in [0.25, 0.3) is 0 Å². The molecule has 0 amide bonds. The molecule has 9 nitrogen and oxygen atoms in total. The van der Waals surface area contributed by atoms with Crippen molar-refractivity contribution in [3.63, 3.8) is 0 Å². The van der Waals surface area contributed by atoms with E-state index in [1.54, 1.807) is 0 Å². The van der Waals surface area contributed by atoms with E-state index < -0.39 is 32.5 Å². The van der Waals surface area contributed by atoms with E-state index in [1.165, 1.54) is 148 Å². The first-order valence-corrected chi connectivity index (χ1v) is 26.8. The van der Waals surface area contributed by atoms with Crippen molar-refractivity contribution >= 4 is 19.8 Å². The van der Waals surface area contributed by atoms with Crippen molar-refractivity contribution in [3.05, 3.63) is 60.8 Å². The highest BCUT2D eigenvalue weighted by atomic mass is 31.2. The van der Waals surface area contributed by atoms with E-state index in [0.29, 0.717) is 6.42 Å². The van der Waals surface area contributed by atoms with Crippen LogP contribution in [0.5, 0.6) is 0 Å². The van der Waals surface area contributed by atoms with Crippen molar-refractivity contribution in [3.8, 4) is 0 Å². The number of esters is 2. The Hall–Kier alpha value is -2.29. The van der Waals surface area contributed by atoms with Crippen LogP contribution in [0.4, 0.5) is 0 Å². The Morgan fingerprint density at radius 1 is 0.484 bits per heavy atom. The van der Waals surface area contributed by atoms with E-state index >= 15 is 0 Å². The van der Waals surface area contributed by atoms with E-state index in [-0.39, 0.29) is 32.6 Å². The maximum absolute atomic E-state index is 12.6. The van der Waals surface area contributed by atoms with Gasteiger partial charge in [0.05, 0.1) is 13.2 Å². The second kappa shape index (κ2) is 48.2. The number of carbonyl (C=O) groups excluding carboxylic acids is 2. The van der Waals surface area contributed by atoms with Gasteiger partial charge in [-0.2, -0.15) is 0 Å². The number of phosphoric ester groups is 1. The van der Waals surface area contributed by atoms with Crippen LogP contribution in [0.3, 0.4) is 0 Å². The summed E-state index contributed by atoms with van der Waals surface area (Å²) in [4.78, 5) is 35.0. The molecule has 0 bridgehead atoms. The van der Waals surface area contributed by atoms with Gasteiger partial charge in [0.15, 0.2) is 6.10 Å². The lowest BCUT2D eigenvalue weighted by Crippen LogP contribution is -2.29. The molecule has 0 aliphatic heterocycles. The molecule has 0 aliphatic carbocycles. The Kier molecular flexibility index (Phi) is 46.4. The molecule has 0 heterocycles. The predicted octanol–water partition coefficient (Wildman–Crippen LogP) is 15.2. The van der Waals surface area contributed by atoms with Crippen LogP contribution in [0, 0.1) is 0 Å². The molecule has 3 N–H and O–H groups in total. The van der Waals surface area contributed by atoms with Gasteiger partial charge >= 0.3 is 19.8 Å². The first-order valence-electron chi connectivity index (χ1n) is 25.3. The van der Waals surface area contributed by atoms with Gasteiger partial charge in [0, 0.05) is 19.4 Å². The molecule has 0 fully saturated rings.